The van der Waals surface area contributed by atoms with Gasteiger partial charge in [-0.15, -0.1) is 0 Å². The van der Waals surface area contributed by atoms with Gasteiger partial charge in [0.2, 0.25) is 0 Å². The molecule has 0 saturated heterocycles. The van der Waals surface area contributed by atoms with E-state index in [4.69, 9.17) is 4.74 Å². The molecule has 0 aliphatic heterocycles. The van der Waals surface area contributed by atoms with E-state index in [1.54, 1.807) is 12.1 Å². The summed E-state index contributed by atoms with van der Waals surface area (Å²) in [5.41, 5.74) is 1.64. The van der Waals surface area contributed by atoms with Gasteiger partial charge in [-0.1, -0.05) is 13.3 Å². The average molecular weight is 336 g/mol. The fourth-order valence-corrected chi connectivity index (χ4v) is 1.54. The van der Waals surface area contributed by atoms with Crippen LogP contribution < -0.4 is 5.32 Å². The molecule has 0 atom stereocenters. The summed E-state index contributed by atoms with van der Waals surface area (Å²) in [5, 5.41) is 3.31. The quantitative estimate of drug-likeness (QED) is 0.490. The van der Waals surface area contributed by atoms with Crippen molar-refractivity contribution < 1.29 is 31.4 Å². The Morgan fingerprint density at radius 3 is 2.13 bits per heavy atom. The van der Waals surface area contributed by atoms with Gasteiger partial charge in [-0.2, -0.15) is 0 Å². The molecule has 0 aliphatic rings. The number of likely N-dealkylation sites (N-methyl/N-ethyl adjacent to an activating group) is 1. The number of hydrogen-bond acceptors (Lipinski definition) is 4. The van der Waals surface area contributed by atoms with Crippen molar-refractivity contribution in [3.63, 3.8) is 0 Å². The van der Waals surface area contributed by atoms with Crippen LogP contribution in [0, 0.1) is 0 Å². The van der Waals surface area contributed by atoms with E-state index in [1.165, 1.54) is 6.42 Å². The van der Waals surface area contributed by atoms with Crippen LogP contribution in [0.5, 0.6) is 0 Å². The van der Waals surface area contributed by atoms with E-state index in [0.29, 0.717) is 12.2 Å². The lowest BCUT2D eigenvalue weighted by molar-refractivity contribution is 0.0482. The van der Waals surface area contributed by atoms with Gasteiger partial charge in [-0.25, -0.2) is 4.79 Å². The third kappa shape index (κ3) is 12.5. The molecular weight excluding hydrogens is 304 g/mol. The molecule has 0 unspecified atom stereocenters. The highest BCUT2D eigenvalue weighted by Crippen LogP contribution is 2.10. The van der Waals surface area contributed by atoms with Gasteiger partial charge in [-0.05, 0) is 44.8 Å². The Morgan fingerprint density at radius 2 is 1.65 bits per heavy atom. The molecule has 0 radical (unpaired) electrons. The standard InChI is InChI=1S/C15H24N2O2.4H2O/c1-4-5-10-16-14-8-6-13(7-9-14)15(18)19-12-11-17(2)3;;;;/h6-9,16H,4-5,10-12H2,1-3H3;4*1H2. The number of ether oxygens (including phenoxy) is 1. The van der Waals surface area contributed by atoms with Crippen LogP contribution in [0.15, 0.2) is 24.3 Å². The molecule has 1 rings (SSSR count). The van der Waals surface area contributed by atoms with Crippen LogP contribution in [-0.2, 0) is 4.74 Å². The first-order chi connectivity index (χ1) is 9.13. The van der Waals surface area contributed by atoms with Crippen LogP contribution in [0.4, 0.5) is 5.69 Å². The van der Waals surface area contributed by atoms with E-state index < -0.39 is 0 Å². The summed E-state index contributed by atoms with van der Waals surface area (Å²) in [6.45, 7) is 4.28. The lowest BCUT2D eigenvalue weighted by atomic mass is 10.2. The molecule has 0 amide bonds. The van der Waals surface area contributed by atoms with Gasteiger partial charge in [0.15, 0.2) is 0 Å². The molecule has 0 heterocycles. The van der Waals surface area contributed by atoms with Crippen molar-refractivity contribution in [1.29, 1.82) is 0 Å². The van der Waals surface area contributed by atoms with Crippen molar-refractivity contribution in [2.75, 3.05) is 39.1 Å². The average Bonchev–Trinajstić information content (AvgIpc) is 2.39. The van der Waals surface area contributed by atoms with E-state index in [-0.39, 0.29) is 27.9 Å². The lowest BCUT2D eigenvalue weighted by Gasteiger charge is -2.10. The third-order valence-electron chi connectivity index (χ3n) is 2.75. The molecule has 0 bridgehead atoms. The van der Waals surface area contributed by atoms with Gasteiger partial charge in [0.05, 0.1) is 5.56 Å². The third-order valence-corrected chi connectivity index (χ3v) is 2.75. The minimum absolute atomic E-state index is 0. The summed E-state index contributed by atoms with van der Waals surface area (Å²) in [4.78, 5) is 13.7. The van der Waals surface area contributed by atoms with Crippen molar-refractivity contribution in [1.82, 2.24) is 4.90 Å². The Bertz CT molecular complexity index is 384. The topological polar surface area (TPSA) is 168 Å². The first-order valence-corrected chi connectivity index (χ1v) is 6.79. The van der Waals surface area contributed by atoms with Crippen molar-refractivity contribution >= 4 is 11.7 Å². The summed E-state index contributed by atoms with van der Waals surface area (Å²) in [6, 6.07) is 7.43. The highest BCUT2D eigenvalue weighted by molar-refractivity contribution is 5.89. The predicted octanol–water partition coefficient (Wildman–Crippen LogP) is -0.682. The molecule has 8 nitrogen and oxygen atoms in total. The molecule has 1 aromatic carbocycles. The second kappa shape index (κ2) is 16.7. The smallest absolute Gasteiger partial charge is 0.338 e. The molecule has 9 N–H and O–H groups in total. The Labute approximate surface area is 137 Å². The maximum Gasteiger partial charge on any atom is 0.338 e. The normalized spacial score (nSPS) is 8.70. The summed E-state index contributed by atoms with van der Waals surface area (Å²) in [6.07, 6.45) is 2.32. The summed E-state index contributed by atoms with van der Waals surface area (Å²) < 4.78 is 5.18. The molecule has 0 saturated carbocycles. The second-order valence-electron chi connectivity index (χ2n) is 4.80. The van der Waals surface area contributed by atoms with Gasteiger partial charge in [0, 0.05) is 18.8 Å². The van der Waals surface area contributed by atoms with Crippen LogP contribution in [0.2, 0.25) is 0 Å². The zero-order valence-corrected chi connectivity index (χ0v) is 14.1. The van der Waals surface area contributed by atoms with Gasteiger partial charge in [0.1, 0.15) is 6.61 Å². The highest BCUT2D eigenvalue weighted by atomic mass is 16.5. The number of hydrogen-bond donors (Lipinski definition) is 1. The second-order valence-corrected chi connectivity index (χ2v) is 4.80. The lowest BCUT2D eigenvalue weighted by Crippen LogP contribution is -2.20. The minimum atomic E-state index is -0.262. The molecule has 23 heavy (non-hydrogen) atoms. The zero-order chi connectivity index (χ0) is 14.1. The fourth-order valence-electron chi connectivity index (χ4n) is 1.54. The zero-order valence-electron chi connectivity index (χ0n) is 14.1. The van der Waals surface area contributed by atoms with Gasteiger partial charge < -0.3 is 36.9 Å². The number of unbranched alkanes of at least 4 members (excludes halogenated alkanes) is 1. The van der Waals surface area contributed by atoms with Crippen molar-refractivity contribution in [3.05, 3.63) is 29.8 Å². The SMILES string of the molecule is CCCCNc1ccc(C(=O)OCCN(C)C)cc1.O.O.O.O. The first-order valence-electron chi connectivity index (χ1n) is 6.79. The Balaban J connectivity index is -0.000000451. The molecule has 0 fully saturated rings. The molecule has 0 aliphatic carbocycles. The summed E-state index contributed by atoms with van der Waals surface area (Å²) in [7, 11) is 3.90. The summed E-state index contributed by atoms with van der Waals surface area (Å²) in [5.74, 6) is -0.262. The maximum atomic E-state index is 11.7. The number of rotatable bonds is 8. The predicted molar refractivity (Wildman–Crippen MR) is 93.1 cm³/mol. The van der Waals surface area contributed by atoms with Crippen molar-refractivity contribution in [2.24, 2.45) is 0 Å². The summed E-state index contributed by atoms with van der Waals surface area (Å²) >= 11 is 0. The van der Waals surface area contributed by atoms with Crippen LogP contribution in [0.25, 0.3) is 0 Å². The molecule has 0 aromatic heterocycles. The first kappa shape index (κ1) is 29.3. The number of anilines is 1. The van der Waals surface area contributed by atoms with E-state index in [2.05, 4.69) is 12.2 Å². The van der Waals surface area contributed by atoms with Gasteiger partial charge in [0.25, 0.3) is 0 Å². The molecule has 1 aromatic rings. The number of nitrogens with one attached hydrogen (secondary N) is 1. The maximum absolute atomic E-state index is 11.7. The van der Waals surface area contributed by atoms with E-state index in [0.717, 1.165) is 25.2 Å². The van der Waals surface area contributed by atoms with Crippen LogP contribution >= 0.6 is 0 Å². The van der Waals surface area contributed by atoms with E-state index >= 15 is 0 Å². The van der Waals surface area contributed by atoms with Crippen molar-refractivity contribution in [2.45, 2.75) is 19.8 Å². The number of carbonyl (C=O) groups excluding carboxylic acids is 1. The van der Waals surface area contributed by atoms with Crippen LogP contribution in [0.3, 0.4) is 0 Å². The van der Waals surface area contributed by atoms with Crippen LogP contribution in [-0.4, -0.2) is 66.6 Å². The molecule has 0 spiro atoms. The van der Waals surface area contributed by atoms with Crippen molar-refractivity contribution in [3.8, 4) is 0 Å². The van der Waals surface area contributed by atoms with Crippen LogP contribution in [0.1, 0.15) is 30.1 Å². The molecular formula is C15H32N2O6. The monoisotopic (exact) mass is 336 g/mol. The fraction of sp³-hybridized carbons (Fsp3) is 0.533. The highest BCUT2D eigenvalue weighted by Gasteiger charge is 2.06. The van der Waals surface area contributed by atoms with Gasteiger partial charge in [-0.3, -0.25) is 0 Å². The minimum Gasteiger partial charge on any atom is -0.461 e. The molecule has 8 heteroatoms. The number of carbonyl (C=O) groups is 1. The number of esters is 1. The number of benzene rings is 1. The Morgan fingerprint density at radius 1 is 1.09 bits per heavy atom. The number of nitrogens with zero attached hydrogens (tertiary/aromatic N) is 1. The Kier molecular flexibility index (Phi) is 21.2. The molecule has 138 valence electrons. The van der Waals surface area contributed by atoms with E-state index in [9.17, 15) is 4.79 Å². The van der Waals surface area contributed by atoms with Gasteiger partial charge >= 0.3 is 5.97 Å². The largest absolute Gasteiger partial charge is 0.461 e. The van der Waals surface area contributed by atoms with E-state index in [1.807, 2.05) is 31.1 Å². The Hall–Kier alpha value is -1.71.